The summed E-state index contributed by atoms with van der Waals surface area (Å²) in [6.07, 6.45) is 0.405. The summed E-state index contributed by atoms with van der Waals surface area (Å²) in [5, 5.41) is 11.5. The summed E-state index contributed by atoms with van der Waals surface area (Å²) in [5.74, 6) is -1.05. The minimum atomic E-state index is -1.05. The van der Waals surface area contributed by atoms with E-state index in [1.54, 1.807) is 0 Å². The molecular weight excluding hydrogens is 322 g/mol. The second-order valence-electron chi connectivity index (χ2n) is 5.76. The first kappa shape index (κ1) is 16.3. The highest BCUT2D eigenvalue weighted by Gasteiger charge is 2.12. The number of carbonyl (C=O) groups excluding carboxylic acids is 1. The van der Waals surface area contributed by atoms with Crippen molar-refractivity contribution in [3.8, 4) is 16.9 Å². The summed E-state index contributed by atoms with van der Waals surface area (Å²) in [5.41, 5.74) is 5.17. The quantitative estimate of drug-likeness (QED) is 0.710. The van der Waals surface area contributed by atoms with Gasteiger partial charge in [0.15, 0.2) is 0 Å². The van der Waals surface area contributed by atoms with E-state index in [1.807, 2.05) is 43.3 Å². The number of rotatable bonds is 5. The molecule has 1 heterocycles. The Hall–Kier alpha value is -2.52. The molecule has 0 saturated carbocycles. The monoisotopic (exact) mass is 338 g/mol. The van der Waals surface area contributed by atoms with Crippen LogP contribution < -0.4 is 5.11 Å². The molecule has 3 aromatic rings. The van der Waals surface area contributed by atoms with Crippen LogP contribution in [0.5, 0.6) is 0 Å². The van der Waals surface area contributed by atoms with E-state index in [0.29, 0.717) is 11.4 Å². The van der Waals surface area contributed by atoms with Crippen molar-refractivity contribution in [3.05, 3.63) is 76.9 Å². The maximum absolute atomic E-state index is 10.8. The number of aromatic nitrogens is 1. The van der Waals surface area contributed by atoms with Gasteiger partial charge in [-0.15, -0.1) is 0 Å². The number of nitrogens with zero attached hydrogens (tertiary/aromatic N) is 1. The predicted molar refractivity (Wildman–Crippen MR) is 94.3 cm³/mol. The Morgan fingerprint density at radius 2 is 1.67 bits per heavy atom. The molecule has 0 spiro atoms. The van der Waals surface area contributed by atoms with Gasteiger partial charge in [-0.25, -0.2) is 0 Å². The fourth-order valence-electron chi connectivity index (χ4n) is 2.75. The third-order valence-electron chi connectivity index (χ3n) is 3.98. The summed E-state index contributed by atoms with van der Waals surface area (Å²) >= 11 is 5.99. The number of carboxylic acid groups (broad SMARTS) is 1. The molecule has 0 aliphatic carbocycles. The van der Waals surface area contributed by atoms with Crippen LogP contribution in [0.25, 0.3) is 16.9 Å². The number of carbonyl (C=O) groups is 1. The third kappa shape index (κ3) is 3.52. The average molecular weight is 339 g/mol. The first-order chi connectivity index (χ1) is 11.5. The minimum Gasteiger partial charge on any atom is -0.550 e. The zero-order valence-corrected chi connectivity index (χ0v) is 14.1. The van der Waals surface area contributed by atoms with Crippen LogP contribution in [0.3, 0.4) is 0 Å². The van der Waals surface area contributed by atoms with Crippen molar-refractivity contribution in [1.82, 2.24) is 4.57 Å². The maximum atomic E-state index is 10.8. The lowest BCUT2D eigenvalue weighted by Crippen LogP contribution is -2.22. The van der Waals surface area contributed by atoms with Gasteiger partial charge in [0.2, 0.25) is 0 Å². The van der Waals surface area contributed by atoms with Gasteiger partial charge in [0, 0.05) is 22.4 Å². The van der Waals surface area contributed by atoms with E-state index in [-0.39, 0.29) is 6.42 Å². The van der Waals surface area contributed by atoms with Gasteiger partial charge in [-0.2, -0.15) is 0 Å². The molecule has 3 nitrogen and oxygen atoms in total. The zero-order valence-electron chi connectivity index (χ0n) is 13.3. The largest absolute Gasteiger partial charge is 0.550 e. The van der Waals surface area contributed by atoms with Crippen LogP contribution in [0.2, 0.25) is 5.02 Å². The standard InChI is InChI=1S/C20H18ClNO2/c1-14-2-4-15(5-3-14)19-12-10-18(11-13-20(23)24)22(19)17-8-6-16(21)7-9-17/h2-10,12H,11,13H2,1H3,(H,23,24)/p-1. The number of aliphatic carboxylic acids is 1. The lowest BCUT2D eigenvalue weighted by Gasteiger charge is -2.15. The molecule has 122 valence electrons. The Labute approximate surface area is 146 Å². The van der Waals surface area contributed by atoms with E-state index < -0.39 is 5.97 Å². The number of aryl methyl sites for hydroxylation is 2. The molecule has 1 aromatic heterocycles. The van der Waals surface area contributed by atoms with E-state index in [4.69, 9.17) is 11.6 Å². The Balaban J connectivity index is 2.09. The average Bonchev–Trinajstić information content (AvgIpc) is 2.98. The van der Waals surface area contributed by atoms with Crippen LogP contribution in [0.1, 0.15) is 17.7 Å². The van der Waals surface area contributed by atoms with E-state index in [1.165, 1.54) is 5.56 Å². The smallest absolute Gasteiger partial charge is 0.0531 e. The fraction of sp³-hybridized carbons (Fsp3) is 0.150. The Kier molecular flexibility index (Phi) is 4.72. The van der Waals surface area contributed by atoms with Gasteiger partial charge in [0.1, 0.15) is 0 Å². The molecule has 0 unspecified atom stereocenters. The summed E-state index contributed by atoms with van der Waals surface area (Å²) < 4.78 is 2.07. The Morgan fingerprint density at radius 3 is 2.29 bits per heavy atom. The lowest BCUT2D eigenvalue weighted by molar-refractivity contribution is -0.305. The predicted octanol–water partition coefficient (Wildman–Crippen LogP) is 3.79. The molecule has 3 rings (SSSR count). The van der Waals surface area contributed by atoms with E-state index in [0.717, 1.165) is 22.6 Å². The topological polar surface area (TPSA) is 45.1 Å². The molecule has 0 aliphatic heterocycles. The van der Waals surface area contributed by atoms with Crippen LogP contribution in [0.15, 0.2) is 60.7 Å². The highest BCUT2D eigenvalue weighted by molar-refractivity contribution is 6.30. The first-order valence-electron chi connectivity index (χ1n) is 7.78. The number of carboxylic acids is 1. The van der Waals surface area contributed by atoms with Crippen LogP contribution in [0, 0.1) is 6.92 Å². The number of benzene rings is 2. The van der Waals surface area contributed by atoms with Gasteiger partial charge in [-0.3, -0.25) is 0 Å². The molecule has 0 amide bonds. The summed E-state index contributed by atoms with van der Waals surface area (Å²) in [6, 6.07) is 19.8. The van der Waals surface area contributed by atoms with E-state index in [2.05, 4.69) is 28.8 Å². The second-order valence-corrected chi connectivity index (χ2v) is 6.20. The summed E-state index contributed by atoms with van der Waals surface area (Å²) in [4.78, 5) is 10.8. The lowest BCUT2D eigenvalue weighted by atomic mass is 10.1. The minimum absolute atomic E-state index is 0.00899. The Morgan fingerprint density at radius 1 is 1.00 bits per heavy atom. The SMILES string of the molecule is Cc1ccc(-c2ccc(CCC(=O)[O-])n2-c2ccc(Cl)cc2)cc1. The normalized spacial score (nSPS) is 10.8. The molecule has 0 radical (unpaired) electrons. The molecule has 0 bridgehead atoms. The molecule has 2 aromatic carbocycles. The van der Waals surface area contributed by atoms with Crippen molar-refractivity contribution in [2.75, 3.05) is 0 Å². The number of halogens is 1. The summed E-state index contributed by atoms with van der Waals surface area (Å²) in [6.45, 7) is 2.05. The summed E-state index contributed by atoms with van der Waals surface area (Å²) in [7, 11) is 0. The molecule has 0 saturated heterocycles. The van der Waals surface area contributed by atoms with Gasteiger partial charge >= 0.3 is 0 Å². The Bertz CT molecular complexity index is 848. The highest BCUT2D eigenvalue weighted by Crippen LogP contribution is 2.28. The van der Waals surface area contributed by atoms with Crippen molar-refractivity contribution in [2.45, 2.75) is 19.8 Å². The van der Waals surface area contributed by atoms with Crippen molar-refractivity contribution < 1.29 is 9.90 Å². The highest BCUT2D eigenvalue weighted by atomic mass is 35.5. The molecular formula is C20H17ClNO2-. The molecule has 0 aliphatic rings. The first-order valence-corrected chi connectivity index (χ1v) is 8.16. The van der Waals surface area contributed by atoms with Crippen molar-refractivity contribution in [3.63, 3.8) is 0 Å². The molecule has 0 atom stereocenters. The van der Waals surface area contributed by atoms with Crippen LogP contribution in [-0.4, -0.2) is 10.5 Å². The van der Waals surface area contributed by atoms with Crippen LogP contribution in [-0.2, 0) is 11.2 Å². The van der Waals surface area contributed by atoms with Gasteiger partial charge in [0.05, 0.1) is 5.69 Å². The van der Waals surface area contributed by atoms with E-state index in [9.17, 15) is 9.90 Å². The zero-order chi connectivity index (χ0) is 17.1. The van der Waals surface area contributed by atoms with Gasteiger partial charge in [-0.1, -0.05) is 41.4 Å². The van der Waals surface area contributed by atoms with E-state index >= 15 is 0 Å². The number of hydrogen-bond donors (Lipinski definition) is 0. The fourth-order valence-corrected chi connectivity index (χ4v) is 2.87. The maximum Gasteiger partial charge on any atom is 0.0531 e. The number of hydrogen-bond acceptors (Lipinski definition) is 2. The van der Waals surface area contributed by atoms with Gasteiger partial charge in [0.25, 0.3) is 0 Å². The molecule has 4 heteroatoms. The van der Waals surface area contributed by atoms with Crippen molar-refractivity contribution in [1.29, 1.82) is 0 Å². The third-order valence-corrected chi connectivity index (χ3v) is 4.23. The van der Waals surface area contributed by atoms with Crippen molar-refractivity contribution >= 4 is 17.6 Å². The van der Waals surface area contributed by atoms with Gasteiger partial charge < -0.3 is 14.5 Å². The van der Waals surface area contributed by atoms with Crippen LogP contribution in [0.4, 0.5) is 0 Å². The van der Waals surface area contributed by atoms with Crippen molar-refractivity contribution in [2.24, 2.45) is 0 Å². The molecule has 0 fully saturated rings. The molecule has 0 N–H and O–H groups in total. The van der Waals surface area contributed by atoms with Gasteiger partial charge in [-0.05, 0) is 61.7 Å². The molecule has 24 heavy (non-hydrogen) atoms. The van der Waals surface area contributed by atoms with Crippen LogP contribution >= 0.6 is 11.6 Å². The second kappa shape index (κ2) is 6.93.